The molecule has 182 valence electrons. The summed E-state index contributed by atoms with van der Waals surface area (Å²) < 4.78 is 2.85. The minimum Gasteiger partial charge on any atom is -0.412 e. The number of urea groups is 1. The van der Waals surface area contributed by atoms with Gasteiger partial charge in [0.05, 0.1) is 0 Å². The molecule has 33 heavy (non-hydrogen) atoms. The summed E-state index contributed by atoms with van der Waals surface area (Å²) in [6.07, 6.45) is 11.8. The van der Waals surface area contributed by atoms with Gasteiger partial charge in [0.25, 0.3) is 5.91 Å². The van der Waals surface area contributed by atoms with Crippen LogP contribution in [0.15, 0.2) is 72.9 Å². The van der Waals surface area contributed by atoms with Crippen molar-refractivity contribution >= 4 is 29.7 Å². The Bertz CT molecular complexity index is 998. The molecule has 2 heterocycles. The highest BCUT2D eigenvalue weighted by atomic mass is 32.2. The molecule has 3 rings (SSSR count). The van der Waals surface area contributed by atoms with E-state index in [9.17, 15) is 9.59 Å². The largest absolute Gasteiger partial charge is 0.412 e. The Balaban J connectivity index is 0. The van der Waals surface area contributed by atoms with Crippen molar-refractivity contribution in [2.45, 2.75) is 32.1 Å². The first-order valence-corrected chi connectivity index (χ1v) is 11.1. The number of hydrogen-bond acceptors (Lipinski definition) is 4. The molecule has 2 atom stereocenters. The van der Waals surface area contributed by atoms with Crippen LogP contribution >= 0.6 is 11.9 Å². The molecule has 0 bridgehead atoms. The number of anilines is 1. The van der Waals surface area contributed by atoms with Gasteiger partial charge in [-0.1, -0.05) is 68.2 Å². The summed E-state index contributed by atoms with van der Waals surface area (Å²) >= 11 is 1.39. The van der Waals surface area contributed by atoms with Gasteiger partial charge in [-0.2, -0.15) is 0 Å². The van der Waals surface area contributed by atoms with Crippen molar-refractivity contribution < 1.29 is 23.4 Å². The lowest BCUT2D eigenvalue weighted by Crippen LogP contribution is -2.37. The van der Waals surface area contributed by atoms with E-state index in [0.717, 1.165) is 11.3 Å². The summed E-state index contributed by atoms with van der Waals surface area (Å²) in [5.41, 5.74) is 3.63. The van der Waals surface area contributed by atoms with Crippen molar-refractivity contribution in [1.82, 2.24) is 14.6 Å². The van der Waals surface area contributed by atoms with E-state index < -0.39 is 0 Å². The lowest BCUT2D eigenvalue weighted by atomic mass is 9.98. The third-order valence-electron chi connectivity index (χ3n) is 5.22. The molecule has 2 aliphatic rings. The lowest BCUT2D eigenvalue weighted by molar-refractivity contribution is -0.127. The van der Waals surface area contributed by atoms with E-state index in [1.54, 1.807) is 29.2 Å². The number of allylic oxidation sites excluding steroid dienone is 5. The third kappa shape index (κ3) is 7.18. The predicted octanol–water partition coefficient (Wildman–Crippen LogP) is 3.40. The van der Waals surface area contributed by atoms with Crippen LogP contribution in [0.2, 0.25) is 0 Å². The maximum Gasteiger partial charge on any atom is 0.330 e. The highest BCUT2D eigenvalue weighted by molar-refractivity contribution is 7.98. The molecule has 0 saturated heterocycles. The summed E-state index contributed by atoms with van der Waals surface area (Å²) in [7, 11) is 0. The van der Waals surface area contributed by atoms with Gasteiger partial charge >= 0.3 is 6.03 Å². The Morgan fingerprint density at radius 3 is 2.73 bits per heavy atom. The van der Waals surface area contributed by atoms with Gasteiger partial charge in [-0.3, -0.25) is 14.8 Å². The van der Waals surface area contributed by atoms with Gasteiger partial charge < -0.3 is 15.9 Å². The third-order valence-corrected chi connectivity index (χ3v) is 6.38. The molecule has 9 heteroatoms. The molecule has 0 saturated carbocycles. The van der Waals surface area contributed by atoms with Crippen molar-refractivity contribution in [2.24, 2.45) is 5.92 Å². The van der Waals surface area contributed by atoms with E-state index in [4.69, 9.17) is 0 Å². The highest BCUT2D eigenvalue weighted by Gasteiger charge is 2.23. The number of carbonyl (C=O) groups excluding carboxylic acids is 2. The van der Waals surface area contributed by atoms with Crippen LogP contribution in [0.1, 0.15) is 28.0 Å². The van der Waals surface area contributed by atoms with Crippen LogP contribution in [-0.4, -0.2) is 44.6 Å². The van der Waals surface area contributed by atoms with Crippen LogP contribution in [0, 0.1) is 5.92 Å². The monoisotopic (exact) mass is 476 g/mol. The van der Waals surface area contributed by atoms with E-state index in [0.29, 0.717) is 36.8 Å². The zero-order valence-electron chi connectivity index (χ0n) is 18.9. The first-order chi connectivity index (χ1) is 14.9. The number of carbonyl (C=O) groups is 2. The Morgan fingerprint density at radius 2 is 2.06 bits per heavy atom. The maximum absolute atomic E-state index is 12.6. The molecular formula is C24H36N4O4S. The Morgan fingerprint density at radius 1 is 1.30 bits per heavy atom. The number of fused-ring (bicyclic) bond motifs is 1. The van der Waals surface area contributed by atoms with Crippen LogP contribution in [0.25, 0.3) is 0 Å². The second-order valence-electron chi connectivity index (χ2n) is 7.61. The number of nitrogens with zero attached hydrogens (tertiary/aromatic N) is 2. The second-order valence-corrected chi connectivity index (χ2v) is 8.59. The van der Waals surface area contributed by atoms with Gasteiger partial charge in [-0.05, 0) is 36.4 Å². The van der Waals surface area contributed by atoms with E-state index in [2.05, 4.69) is 60.3 Å². The van der Waals surface area contributed by atoms with Crippen LogP contribution in [-0.2, 0) is 17.8 Å². The second kappa shape index (κ2) is 12.8. The van der Waals surface area contributed by atoms with E-state index in [1.165, 1.54) is 17.5 Å². The Labute approximate surface area is 201 Å². The molecule has 6 N–H and O–H groups in total. The van der Waals surface area contributed by atoms with Crippen molar-refractivity contribution in [1.29, 1.82) is 0 Å². The minimum atomic E-state index is -0.304. The number of aromatic nitrogens is 1. The molecule has 2 unspecified atom stereocenters. The standard InChI is InChI=1S/C24H28N4O2S.2H2O.2H2/c1-5-7-18(6-2)23(29)28-13-12-20-19(15-28)9-11-22(25-20)26-24(30)27-31-21-10-8-16(3)14-17(21)4;;;;/h5-11,14,17,21H,1-2,12-13,15H2,3-4H3,(H2,25,26,27,30);2*1H2;2*1H/b18-7+;;;;. The lowest BCUT2D eigenvalue weighted by Gasteiger charge is -2.29. The summed E-state index contributed by atoms with van der Waals surface area (Å²) in [4.78, 5) is 31.3. The molecule has 0 radical (unpaired) electrons. The van der Waals surface area contributed by atoms with Crippen molar-refractivity contribution in [3.05, 3.63) is 84.2 Å². The topological polar surface area (TPSA) is 137 Å². The Kier molecular flexibility index (Phi) is 10.8. The van der Waals surface area contributed by atoms with Gasteiger partial charge in [0.1, 0.15) is 5.82 Å². The van der Waals surface area contributed by atoms with Gasteiger partial charge in [0.2, 0.25) is 0 Å². The molecule has 1 aromatic rings. The summed E-state index contributed by atoms with van der Waals surface area (Å²) in [6.45, 7) is 12.6. The maximum atomic E-state index is 12.6. The average molecular weight is 477 g/mol. The van der Waals surface area contributed by atoms with E-state index in [1.807, 2.05) is 6.07 Å². The van der Waals surface area contributed by atoms with Gasteiger partial charge in [-0.25, -0.2) is 9.78 Å². The van der Waals surface area contributed by atoms with Gasteiger partial charge in [-0.15, -0.1) is 0 Å². The van der Waals surface area contributed by atoms with Gasteiger partial charge in [0, 0.05) is 38.9 Å². The zero-order chi connectivity index (χ0) is 22.4. The molecular weight excluding hydrogens is 440 g/mol. The first kappa shape index (κ1) is 27.9. The average Bonchev–Trinajstić information content (AvgIpc) is 2.76. The summed E-state index contributed by atoms with van der Waals surface area (Å²) in [5, 5.41) is 3.00. The molecule has 0 aromatic carbocycles. The minimum absolute atomic E-state index is 0. The summed E-state index contributed by atoms with van der Waals surface area (Å²) in [5.74, 6) is 0.777. The zero-order valence-corrected chi connectivity index (χ0v) is 19.7. The number of amides is 3. The molecule has 1 aliphatic heterocycles. The molecule has 0 spiro atoms. The van der Waals surface area contributed by atoms with Crippen molar-refractivity contribution in [3.63, 3.8) is 0 Å². The van der Waals surface area contributed by atoms with Crippen molar-refractivity contribution in [2.75, 3.05) is 11.9 Å². The molecule has 1 aliphatic carbocycles. The highest BCUT2D eigenvalue weighted by Crippen LogP contribution is 2.26. The number of pyridine rings is 1. The van der Waals surface area contributed by atoms with Crippen LogP contribution in [0.5, 0.6) is 0 Å². The van der Waals surface area contributed by atoms with E-state index in [-0.39, 0.29) is 31.0 Å². The van der Waals surface area contributed by atoms with Crippen LogP contribution < -0.4 is 10.0 Å². The fraction of sp³-hybridized carbons (Fsp3) is 0.292. The number of hydrogen-bond donors (Lipinski definition) is 2. The molecule has 1 aromatic heterocycles. The molecule has 0 fully saturated rings. The molecule has 3 amide bonds. The Hall–Kier alpha value is -3.14. The predicted molar refractivity (Wildman–Crippen MR) is 139 cm³/mol. The normalized spacial score (nSPS) is 19.2. The summed E-state index contributed by atoms with van der Waals surface area (Å²) in [6, 6.07) is 3.37. The van der Waals surface area contributed by atoms with E-state index >= 15 is 0 Å². The molecule has 8 nitrogen and oxygen atoms in total. The van der Waals surface area contributed by atoms with Crippen LogP contribution in [0.4, 0.5) is 10.6 Å². The SMILES string of the molecule is C=C/C=C(\C=C)C(=O)N1CCc2nc(NC(=O)NSC3C=CC(C)=CC3C)ccc2C1.O.O.[HH].[HH]. The fourth-order valence-electron chi connectivity index (χ4n) is 3.59. The smallest absolute Gasteiger partial charge is 0.330 e. The first-order valence-electron chi connectivity index (χ1n) is 10.2. The number of nitrogens with one attached hydrogen (secondary N) is 2. The quantitative estimate of drug-likeness (QED) is 0.369. The van der Waals surface area contributed by atoms with Gasteiger partial charge in [0.15, 0.2) is 0 Å². The fourth-order valence-corrected chi connectivity index (χ4v) is 4.34. The number of rotatable bonds is 6. The van der Waals surface area contributed by atoms with Crippen LogP contribution in [0.3, 0.4) is 0 Å². The van der Waals surface area contributed by atoms with Crippen molar-refractivity contribution in [3.8, 4) is 0 Å².